The minimum atomic E-state index is 0.740. The molecule has 0 heteroatoms. The second-order valence-electron chi connectivity index (χ2n) is 2.58. The van der Waals surface area contributed by atoms with Crippen molar-refractivity contribution in [2.75, 3.05) is 0 Å². The summed E-state index contributed by atoms with van der Waals surface area (Å²) in [6, 6.07) is 0. The Morgan fingerprint density at radius 3 is 2.18 bits per heavy atom. The van der Waals surface area contributed by atoms with Crippen LogP contribution in [0.25, 0.3) is 0 Å². The summed E-state index contributed by atoms with van der Waals surface area (Å²) in [5, 5.41) is 0. The zero-order valence-corrected chi connectivity index (χ0v) is 7.59. The molecule has 0 saturated heterocycles. The molecule has 0 heterocycles. The third-order valence-corrected chi connectivity index (χ3v) is 1.79. The van der Waals surface area contributed by atoms with E-state index < -0.39 is 0 Å². The lowest BCUT2D eigenvalue weighted by Crippen LogP contribution is -1.89. The predicted molar refractivity (Wildman–Crippen MR) is 52.5 cm³/mol. The molecule has 0 fully saturated rings. The van der Waals surface area contributed by atoms with Crippen molar-refractivity contribution in [3.63, 3.8) is 0 Å². The molecule has 0 aliphatic carbocycles. The van der Waals surface area contributed by atoms with Crippen LogP contribution in [0.15, 0.2) is 37.0 Å². The van der Waals surface area contributed by atoms with E-state index in [0.717, 1.165) is 5.92 Å². The summed E-state index contributed by atoms with van der Waals surface area (Å²) in [4.78, 5) is 0. The lowest BCUT2D eigenvalue weighted by atomic mass is 10.0. The minimum absolute atomic E-state index is 0.740. The third kappa shape index (κ3) is 5.65. The molecular weight excluding hydrogens is 132 g/mol. The summed E-state index contributed by atoms with van der Waals surface area (Å²) >= 11 is 0. The lowest BCUT2D eigenvalue weighted by molar-refractivity contribution is 0.606. The largest absolute Gasteiger partial charge is 0.0991 e. The first-order chi connectivity index (χ1) is 5.35. The fourth-order valence-corrected chi connectivity index (χ4v) is 0.925. The number of rotatable bonds is 5. The van der Waals surface area contributed by atoms with Crippen LogP contribution in [-0.4, -0.2) is 0 Å². The Labute approximate surface area is 70.3 Å². The van der Waals surface area contributed by atoms with Gasteiger partial charge < -0.3 is 0 Å². The van der Waals surface area contributed by atoms with Crippen LogP contribution >= 0.6 is 0 Å². The zero-order chi connectivity index (χ0) is 8.53. The van der Waals surface area contributed by atoms with Gasteiger partial charge in [-0.15, -0.1) is 0 Å². The SMILES string of the molecule is C=C/C=C\C=C\C(CC)CC. The Balaban J connectivity index is 3.69. The molecule has 0 radical (unpaired) electrons. The molecule has 0 spiro atoms. The molecule has 0 amide bonds. The van der Waals surface area contributed by atoms with Gasteiger partial charge in [0.05, 0.1) is 0 Å². The van der Waals surface area contributed by atoms with Crippen LogP contribution in [0.2, 0.25) is 0 Å². The van der Waals surface area contributed by atoms with E-state index in [-0.39, 0.29) is 0 Å². The van der Waals surface area contributed by atoms with Gasteiger partial charge in [0.1, 0.15) is 0 Å². The lowest BCUT2D eigenvalue weighted by Gasteiger charge is -2.02. The van der Waals surface area contributed by atoms with Crippen molar-refractivity contribution >= 4 is 0 Å². The maximum atomic E-state index is 3.60. The number of hydrogen-bond donors (Lipinski definition) is 0. The highest BCUT2D eigenvalue weighted by Crippen LogP contribution is 2.08. The summed E-state index contributed by atoms with van der Waals surface area (Å²) in [5.41, 5.74) is 0. The van der Waals surface area contributed by atoms with E-state index in [1.807, 2.05) is 12.2 Å². The monoisotopic (exact) mass is 150 g/mol. The van der Waals surface area contributed by atoms with Gasteiger partial charge in [-0.05, 0) is 18.8 Å². The molecule has 0 saturated carbocycles. The minimum Gasteiger partial charge on any atom is -0.0991 e. The Kier molecular flexibility index (Phi) is 6.81. The van der Waals surface area contributed by atoms with Crippen molar-refractivity contribution in [2.45, 2.75) is 26.7 Å². The molecule has 0 atom stereocenters. The highest BCUT2D eigenvalue weighted by atomic mass is 14.0. The molecule has 0 aromatic rings. The van der Waals surface area contributed by atoms with Gasteiger partial charge in [-0.1, -0.05) is 50.8 Å². The van der Waals surface area contributed by atoms with Crippen LogP contribution in [0.1, 0.15) is 26.7 Å². The molecule has 0 rings (SSSR count). The summed E-state index contributed by atoms with van der Waals surface area (Å²) < 4.78 is 0. The first-order valence-electron chi connectivity index (χ1n) is 4.31. The van der Waals surface area contributed by atoms with E-state index in [4.69, 9.17) is 0 Å². The molecule has 0 aliphatic rings. The standard InChI is InChI=1S/C11H18/c1-4-7-8-9-10-11(5-2)6-3/h4,7-11H,1,5-6H2,2-3H3/b8-7-,10-9+. The molecule has 0 N–H and O–H groups in total. The van der Waals surface area contributed by atoms with Gasteiger partial charge in [-0.25, -0.2) is 0 Å². The smallest absolute Gasteiger partial charge is 0.0236 e. The summed E-state index contributed by atoms with van der Waals surface area (Å²) in [5.74, 6) is 0.740. The van der Waals surface area contributed by atoms with E-state index in [1.165, 1.54) is 12.8 Å². The van der Waals surface area contributed by atoms with E-state index >= 15 is 0 Å². The van der Waals surface area contributed by atoms with Gasteiger partial charge in [0.15, 0.2) is 0 Å². The highest BCUT2D eigenvalue weighted by molar-refractivity contribution is 5.09. The van der Waals surface area contributed by atoms with Crippen LogP contribution in [0.5, 0.6) is 0 Å². The van der Waals surface area contributed by atoms with Crippen molar-refractivity contribution in [3.8, 4) is 0 Å². The van der Waals surface area contributed by atoms with E-state index in [9.17, 15) is 0 Å². The zero-order valence-electron chi connectivity index (χ0n) is 7.59. The molecular formula is C11H18. The molecule has 0 bridgehead atoms. The maximum Gasteiger partial charge on any atom is -0.0236 e. The Hall–Kier alpha value is -0.780. The topological polar surface area (TPSA) is 0 Å². The second kappa shape index (κ2) is 7.33. The molecule has 11 heavy (non-hydrogen) atoms. The average molecular weight is 150 g/mol. The first kappa shape index (κ1) is 10.2. The van der Waals surface area contributed by atoms with E-state index in [0.29, 0.717) is 0 Å². The van der Waals surface area contributed by atoms with Crippen LogP contribution in [0.3, 0.4) is 0 Å². The molecule has 0 nitrogen and oxygen atoms in total. The van der Waals surface area contributed by atoms with Gasteiger partial charge in [-0.3, -0.25) is 0 Å². The third-order valence-electron chi connectivity index (χ3n) is 1.79. The Morgan fingerprint density at radius 2 is 1.73 bits per heavy atom. The van der Waals surface area contributed by atoms with Crippen molar-refractivity contribution in [1.82, 2.24) is 0 Å². The quantitative estimate of drug-likeness (QED) is 0.524. The Bertz CT molecular complexity index is 136. The molecule has 0 aromatic heterocycles. The summed E-state index contributed by atoms with van der Waals surface area (Å²) in [7, 11) is 0. The van der Waals surface area contributed by atoms with Crippen molar-refractivity contribution in [3.05, 3.63) is 37.0 Å². The Morgan fingerprint density at radius 1 is 1.09 bits per heavy atom. The first-order valence-corrected chi connectivity index (χ1v) is 4.31. The summed E-state index contributed by atoms with van der Waals surface area (Å²) in [6.07, 6.45) is 12.6. The molecule has 0 aliphatic heterocycles. The van der Waals surface area contributed by atoms with Crippen molar-refractivity contribution in [2.24, 2.45) is 5.92 Å². The van der Waals surface area contributed by atoms with Crippen LogP contribution in [-0.2, 0) is 0 Å². The van der Waals surface area contributed by atoms with Crippen LogP contribution in [0.4, 0.5) is 0 Å². The maximum absolute atomic E-state index is 3.60. The van der Waals surface area contributed by atoms with Crippen LogP contribution in [0, 0.1) is 5.92 Å². The fourth-order valence-electron chi connectivity index (χ4n) is 0.925. The normalized spacial score (nSPS) is 11.9. The van der Waals surface area contributed by atoms with Gasteiger partial charge in [0.25, 0.3) is 0 Å². The number of allylic oxidation sites excluding steroid dienone is 5. The second-order valence-corrected chi connectivity index (χ2v) is 2.58. The molecule has 0 aromatic carbocycles. The predicted octanol–water partition coefficient (Wildman–Crippen LogP) is 3.72. The average Bonchev–Trinajstić information content (AvgIpc) is 2.05. The van der Waals surface area contributed by atoms with Crippen LogP contribution < -0.4 is 0 Å². The summed E-state index contributed by atoms with van der Waals surface area (Å²) in [6.45, 7) is 8.03. The van der Waals surface area contributed by atoms with Crippen molar-refractivity contribution < 1.29 is 0 Å². The van der Waals surface area contributed by atoms with Gasteiger partial charge in [0, 0.05) is 0 Å². The van der Waals surface area contributed by atoms with Gasteiger partial charge >= 0.3 is 0 Å². The highest BCUT2D eigenvalue weighted by Gasteiger charge is 1.94. The molecule has 0 unspecified atom stereocenters. The van der Waals surface area contributed by atoms with Gasteiger partial charge in [0.2, 0.25) is 0 Å². The van der Waals surface area contributed by atoms with Gasteiger partial charge in [-0.2, -0.15) is 0 Å². The fraction of sp³-hybridized carbons (Fsp3) is 0.455. The van der Waals surface area contributed by atoms with Crippen molar-refractivity contribution in [1.29, 1.82) is 0 Å². The van der Waals surface area contributed by atoms with E-state index in [1.54, 1.807) is 6.08 Å². The van der Waals surface area contributed by atoms with E-state index in [2.05, 4.69) is 32.6 Å². The number of hydrogen-bond acceptors (Lipinski definition) is 0. The molecule has 62 valence electrons.